The van der Waals surface area contributed by atoms with Gasteiger partial charge < -0.3 is 0 Å². The minimum Gasteiger partial charge on any atom is -0.274 e. The number of nitrogens with zero attached hydrogens (tertiary/aromatic N) is 2. The maximum atomic E-state index is 12.7. The van der Waals surface area contributed by atoms with Crippen LogP contribution in [-0.4, -0.2) is 22.0 Å². The molecular formula is C17H10Cl2N2O2S2. The summed E-state index contributed by atoms with van der Waals surface area (Å²) >= 11 is 14.9. The van der Waals surface area contributed by atoms with E-state index in [9.17, 15) is 9.59 Å². The van der Waals surface area contributed by atoms with E-state index in [0.717, 1.165) is 19.5 Å². The lowest BCUT2D eigenvalue weighted by atomic mass is 10.3. The Morgan fingerprint density at radius 3 is 2.72 bits per heavy atom. The van der Waals surface area contributed by atoms with Crippen LogP contribution in [0.1, 0.15) is 6.42 Å². The largest absolute Gasteiger partial charge is 0.274 e. The van der Waals surface area contributed by atoms with Gasteiger partial charge in [-0.25, -0.2) is 9.88 Å². The lowest BCUT2D eigenvalue weighted by molar-refractivity contribution is -0.121. The molecule has 8 heteroatoms. The molecule has 25 heavy (non-hydrogen) atoms. The van der Waals surface area contributed by atoms with E-state index in [1.165, 1.54) is 29.2 Å². The predicted molar refractivity (Wildman–Crippen MR) is 103 cm³/mol. The van der Waals surface area contributed by atoms with Gasteiger partial charge in [0.1, 0.15) is 5.25 Å². The zero-order valence-electron chi connectivity index (χ0n) is 12.6. The smallest absolute Gasteiger partial charge is 0.247 e. The van der Waals surface area contributed by atoms with Crippen LogP contribution in [0.25, 0.3) is 10.2 Å². The highest BCUT2D eigenvalue weighted by Gasteiger charge is 2.41. The maximum Gasteiger partial charge on any atom is 0.247 e. The van der Waals surface area contributed by atoms with Gasteiger partial charge in [-0.2, -0.15) is 0 Å². The number of imide groups is 1. The zero-order chi connectivity index (χ0) is 17.6. The van der Waals surface area contributed by atoms with Crippen molar-refractivity contribution in [3.05, 3.63) is 52.5 Å². The topological polar surface area (TPSA) is 50.3 Å². The van der Waals surface area contributed by atoms with Gasteiger partial charge in [-0.1, -0.05) is 47.1 Å². The van der Waals surface area contributed by atoms with E-state index in [2.05, 4.69) is 4.98 Å². The van der Waals surface area contributed by atoms with Gasteiger partial charge >= 0.3 is 0 Å². The Bertz CT molecular complexity index is 972. The lowest BCUT2D eigenvalue weighted by Gasteiger charge is -2.16. The molecule has 2 heterocycles. The number of hydrogen-bond donors (Lipinski definition) is 0. The number of halogens is 2. The van der Waals surface area contributed by atoms with Gasteiger partial charge in [0.15, 0.2) is 4.34 Å². The van der Waals surface area contributed by atoms with Crippen molar-refractivity contribution in [3.8, 4) is 0 Å². The molecule has 0 spiro atoms. The van der Waals surface area contributed by atoms with Gasteiger partial charge in [-0.05, 0) is 30.3 Å². The number of anilines is 1. The summed E-state index contributed by atoms with van der Waals surface area (Å²) in [7, 11) is 0. The SMILES string of the molecule is O=C1C[C@@H](Sc2nc3ccccc3s2)C(=O)N1c1ccc(Cl)cc1Cl. The number of thiazole rings is 1. The van der Waals surface area contributed by atoms with Crippen LogP contribution in [0, 0.1) is 0 Å². The summed E-state index contributed by atoms with van der Waals surface area (Å²) < 4.78 is 1.83. The van der Waals surface area contributed by atoms with Gasteiger partial charge in [-0.3, -0.25) is 9.59 Å². The summed E-state index contributed by atoms with van der Waals surface area (Å²) in [5, 5.41) is 0.230. The Morgan fingerprint density at radius 2 is 1.96 bits per heavy atom. The van der Waals surface area contributed by atoms with Gasteiger partial charge in [-0.15, -0.1) is 11.3 Å². The Morgan fingerprint density at radius 1 is 1.16 bits per heavy atom. The summed E-state index contributed by atoms with van der Waals surface area (Å²) in [5.41, 5.74) is 1.26. The minimum absolute atomic E-state index is 0.123. The summed E-state index contributed by atoms with van der Waals surface area (Å²) in [4.78, 5) is 30.8. The van der Waals surface area contributed by atoms with E-state index in [-0.39, 0.29) is 23.3 Å². The van der Waals surface area contributed by atoms with Crippen molar-refractivity contribution >= 4 is 74.0 Å². The number of carbonyl (C=O) groups is 2. The molecule has 1 atom stereocenters. The van der Waals surface area contributed by atoms with E-state index in [4.69, 9.17) is 23.2 Å². The van der Waals surface area contributed by atoms with Crippen molar-refractivity contribution in [3.63, 3.8) is 0 Å². The summed E-state index contributed by atoms with van der Waals surface area (Å²) in [6, 6.07) is 12.5. The molecule has 2 aromatic carbocycles. The quantitative estimate of drug-likeness (QED) is 0.570. The van der Waals surface area contributed by atoms with Gasteiger partial charge in [0.05, 0.1) is 20.9 Å². The second-order valence-electron chi connectivity index (χ2n) is 5.42. The number of carbonyl (C=O) groups excluding carboxylic acids is 2. The molecule has 1 fully saturated rings. The Kier molecular flexibility index (Phi) is 4.45. The molecule has 4 rings (SSSR count). The molecule has 0 aliphatic carbocycles. The van der Waals surface area contributed by atoms with Crippen molar-refractivity contribution < 1.29 is 9.59 Å². The molecule has 0 N–H and O–H groups in total. The normalized spacial score (nSPS) is 17.7. The van der Waals surface area contributed by atoms with Crippen LogP contribution < -0.4 is 4.90 Å². The minimum atomic E-state index is -0.500. The van der Waals surface area contributed by atoms with Crippen LogP contribution in [0.2, 0.25) is 10.0 Å². The number of hydrogen-bond acceptors (Lipinski definition) is 5. The fraction of sp³-hybridized carbons (Fsp3) is 0.118. The molecule has 1 aliphatic rings. The molecule has 0 bridgehead atoms. The third-order valence-electron chi connectivity index (χ3n) is 3.77. The maximum absolute atomic E-state index is 12.7. The molecule has 2 amide bonds. The summed E-state index contributed by atoms with van der Waals surface area (Å²) in [5.74, 6) is -0.550. The average Bonchev–Trinajstić information content (AvgIpc) is 3.09. The molecule has 0 saturated carbocycles. The highest BCUT2D eigenvalue weighted by Crippen LogP contribution is 2.39. The van der Waals surface area contributed by atoms with Crippen LogP contribution in [0.3, 0.4) is 0 Å². The molecule has 1 aliphatic heterocycles. The van der Waals surface area contributed by atoms with Crippen molar-refractivity contribution in [1.82, 2.24) is 4.98 Å². The highest BCUT2D eigenvalue weighted by atomic mass is 35.5. The van der Waals surface area contributed by atoms with Crippen LogP contribution in [-0.2, 0) is 9.59 Å². The number of para-hydroxylation sites is 1. The van der Waals surface area contributed by atoms with E-state index in [1.54, 1.807) is 12.1 Å². The van der Waals surface area contributed by atoms with E-state index < -0.39 is 5.25 Å². The number of fused-ring (bicyclic) bond motifs is 1. The highest BCUT2D eigenvalue weighted by molar-refractivity contribution is 8.02. The van der Waals surface area contributed by atoms with Crippen LogP contribution in [0.5, 0.6) is 0 Å². The monoisotopic (exact) mass is 408 g/mol. The second-order valence-corrected chi connectivity index (χ2v) is 8.75. The first-order valence-corrected chi connectivity index (χ1v) is 9.82. The first-order chi connectivity index (χ1) is 12.0. The van der Waals surface area contributed by atoms with Crippen LogP contribution >= 0.6 is 46.3 Å². The third-order valence-corrected chi connectivity index (χ3v) is 6.63. The standard InChI is InChI=1S/C17H10Cl2N2O2S2/c18-9-5-6-12(10(19)7-9)21-15(22)8-14(16(21)23)25-17-20-11-3-1-2-4-13(11)24-17/h1-7,14H,8H2/t14-/m1/s1. The van der Waals surface area contributed by atoms with Gasteiger partial charge in [0.25, 0.3) is 0 Å². The van der Waals surface area contributed by atoms with Crippen molar-refractivity contribution in [2.75, 3.05) is 4.90 Å². The Hall–Kier alpha value is -1.60. The van der Waals surface area contributed by atoms with Crippen molar-refractivity contribution in [2.45, 2.75) is 16.0 Å². The van der Waals surface area contributed by atoms with Crippen LogP contribution in [0.15, 0.2) is 46.8 Å². The summed E-state index contributed by atoms with van der Waals surface area (Å²) in [6.07, 6.45) is 0.123. The lowest BCUT2D eigenvalue weighted by Crippen LogP contribution is -2.31. The number of thioether (sulfide) groups is 1. The first-order valence-electron chi connectivity index (χ1n) is 7.37. The zero-order valence-corrected chi connectivity index (χ0v) is 15.8. The molecule has 126 valence electrons. The fourth-order valence-corrected chi connectivity index (χ4v) is 5.46. The van der Waals surface area contributed by atoms with Crippen molar-refractivity contribution in [1.29, 1.82) is 0 Å². The Labute approximate surface area is 161 Å². The number of rotatable bonds is 3. The fourth-order valence-electron chi connectivity index (χ4n) is 2.64. The molecule has 3 aromatic rings. The number of amides is 2. The average molecular weight is 409 g/mol. The number of aromatic nitrogens is 1. The second kappa shape index (κ2) is 6.61. The Balaban J connectivity index is 1.60. The molecule has 1 aromatic heterocycles. The first kappa shape index (κ1) is 16.8. The van der Waals surface area contributed by atoms with Crippen LogP contribution in [0.4, 0.5) is 5.69 Å². The van der Waals surface area contributed by atoms with E-state index in [0.29, 0.717) is 10.7 Å². The molecule has 1 saturated heterocycles. The molecule has 0 unspecified atom stereocenters. The molecule has 4 nitrogen and oxygen atoms in total. The molecule has 0 radical (unpaired) electrons. The van der Waals surface area contributed by atoms with Crippen molar-refractivity contribution in [2.24, 2.45) is 0 Å². The third kappa shape index (κ3) is 3.15. The molecular weight excluding hydrogens is 399 g/mol. The van der Waals surface area contributed by atoms with E-state index in [1.807, 2.05) is 24.3 Å². The summed E-state index contributed by atoms with van der Waals surface area (Å²) in [6.45, 7) is 0. The van der Waals surface area contributed by atoms with Gasteiger partial charge in [0, 0.05) is 11.4 Å². The van der Waals surface area contributed by atoms with Gasteiger partial charge in [0.2, 0.25) is 11.8 Å². The number of benzene rings is 2. The van der Waals surface area contributed by atoms with E-state index >= 15 is 0 Å². The predicted octanol–water partition coefficient (Wildman–Crippen LogP) is 5.03.